The summed E-state index contributed by atoms with van der Waals surface area (Å²) in [5.41, 5.74) is 0. The number of carbonyl (C=O) groups is 3. The standard InChI is InChI=1S/C12H20N4O4/c17-10(15-5-2-13-3-6-15)7-14-12(20)16-4-1-9(8-16)11(18)19/h9,13H,1-8H2,(H,14,20)(H,18,19). The summed E-state index contributed by atoms with van der Waals surface area (Å²) in [5, 5.41) is 14.6. The molecule has 0 saturated carbocycles. The number of hydrogen-bond acceptors (Lipinski definition) is 4. The van der Waals surface area contributed by atoms with E-state index in [0.29, 0.717) is 26.1 Å². The quantitative estimate of drug-likeness (QED) is 0.587. The first-order valence-electron chi connectivity index (χ1n) is 6.82. The highest BCUT2D eigenvalue weighted by Gasteiger charge is 2.31. The third-order valence-electron chi connectivity index (χ3n) is 3.69. The van der Waals surface area contributed by atoms with Gasteiger partial charge >= 0.3 is 12.0 Å². The average molecular weight is 284 g/mol. The van der Waals surface area contributed by atoms with Gasteiger partial charge in [-0.3, -0.25) is 9.59 Å². The fraction of sp³-hybridized carbons (Fsp3) is 0.750. The van der Waals surface area contributed by atoms with Crippen LogP contribution in [0.25, 0.3) is 0 Å². The zero-order valence-corrected chi connectivity index (χ0v) is 11.3. The molecule has 0 aliphatic carbocycles. The summed E-state index contributed by atoms with van der Waals surface area (Å²) in [7, 11) is 0. The van der Waals surface area contributed by atoms with E-state index in [2.05, 4.69) is 10.6 Å². The summed E-state index contributed by atoms with van der Waals surface area (Å²) in [6.45, 7) is 3.44. The molecule has 2 saturated heterocycles. The van der Waals surface area contributed by atoms with E-state index in [9.17, 15) is 14.4 Å². The number of piperazine rings is 1. The molecular formula is C12H20N4O4. The van der Waals surface area contributed by atoms with E-state index in [0.717, 1.165) is 13.1 Å². The Kier molecular flexibility index (Phi) is 4.78. The van der Waals surface area contributed by atoms with Crippen molar-refractivity contribution >= 4 is 17.9 Å². The molecular weight excluding hydrogens is 264 g/mol. The molecule has 2 aliphatic heterocycles. The third kappa shape index (κ3) is 3.60. The van der Waals surface area contributed by atoms with Crippen molar-refractivity contribution in [2.24, 2.45) is 5.92 Å². The lowest BCUT2D eigenvalue weighted by atomic mass is 10.1. The van der Waals surface area contributed by atoms with Crippen LogP contribution in [-0.2, 0) is 9.59 Å². The normalized spacial score (nSPS) is 22.7. The van der Waals surface area contributed by atoms with Gasteiger partial charge in [0.1, 0.15) is 0 Å². The van der Waals surface area contributed by atoms with Crippen LogP contribution in [0.5, 0.6) is 0 Å². The molecule has 2 rings (SSSR count). The maximum atomic E-state index is 11.9. The number of nitrogens with zero attached hydrogens (tertiary/aromatic N) is 2. The summed E-state index contributed by atoms with van der Waals surface area (Å²) in [5.74, 6) is -1.48. The molecule has 3 N–H and O–H groups in total. The van der Waals surface area contributed by atoms with E-state index in [1.54, 1.807) is 4.90 Å². The predicted molar refractivity (Wildman–Crippen MR) is 70.2 cm³/mol. The molecule has 2 heterocycles. The van der Waals surface area contributed by atoms with Crippen LogP contribution in [0.1, 0.15) is 6.42 Å². The van der Waals surface area contributed by atoms with Crippen LogP contribution >= 0.6 is 0 Å². The van der Waals surface area contributed by atoms with Gasteiger partial charge in [0.15, 0.2) is 0 Å². The van der Waals surface area contributed by atoms with Crippen molar-refractivity contribution in [3.05, 3.63) is 0 Å². The van der Waals surface area contributed by atoms with Crippen LogP contribution in [0.4, 0.5) is 4.79 Å². The van der Waals surface area contributed by atoms with E-state index >= 15 is 0 Å². The van der Waals surface area contributed by atoms with E-state index in [4.69, 9.17) is 5.11 Å². The van der Waals surface area contributed by atoms with E-state index in [-0.39, 0.29) is 25.0 Å². The minimum Gasteiger partial charge on any atom is -0.481 e. The molecule has 0 radical (unpaired) electrons. The fourth-order valence-electron chi connectivity index (χ4n) is 2.44. The van der Waals surface area contributed by atoms with Gasteiger partial charge in [-0.2, -0.15) is 0 Å². The number of hydrogen-bond donors (Lipinski definition) is 3. The molecule has 0 spiro atoms. The fourth-order valence-corrected chi connectivity index (χ4v) is 2.44. The van der Waals surface area contributed by atoms with Crippen molar-refractivity contribution in [2.75, 3.05) is 45.8 Å². The molecule has 0 bridgehead atoms. The average Bonchev–Trinajstić information content (AvgIpc) is 2.95. The first-order chi connectivity index (χ1) is 9.58. The Hall–Kier alpha value is -1.83. The minimum atomic E-state index is -0.878. The Morgan fingerprint density at radius 1 is 1.15 bits per heavy atom. The van der Waals surface area contributed by atoms with Crippen LogP contribution in [0, 0.1) is 5.92 Å². The number of carboxylic acids is 1. The largest absolute Gasteiger partial charge is 0.481 e. The van der Waals surface area contributed by atoms with Gasteiger partial charge in [0.05, 0.1) is 12.5 Å². The van der Waals surface area contributed by atoms with E-state index in [1.165, 1.54) is 4.90 Å². The maximum absolute atomic E-state index is 11.9. The zero-order chi connectivity index (χ0) is 14.5. The Labute approximate surface area is 117 Å². The topological polar surface area (TPSA) is 102 Å². The van der Waals surface area contributed by atoms with Crippen molar-refractivity contribution in [3.63, 3.8) is 0 Å². The SMILES string of the molecule is O=C(O)C1CCN(C(=O)NCC(=O)N2CCNCC2)C1. The van der Waals surface area contributed by atoms with Crippen molar-refractivity contribution < 1.29 is 19.5 Å². The molecule has 3 amide bonds. The van der Waals surface area contributed by atoms with Crippen LogP contribution in [-0.4, -0.2) is 78.6 Å². The molecule has 112 valence electrons. The minimum absolute atomic E-state index is 0.0347. The lowest BCUT2D eigenvalue weighted by Crippen LogP contribution is -2.50. The van der Waals surface area contributed by atoms with Gasteiger partial charge < -0.3 is 25.5 Å². The highest BCUT2D eigenvalue weighted by Crippen LogP contribution is 2.15. The highest BCUT2D eigenvalue weighted by atomic mass is 16.4. The first-order valence-corrected chi connectivity index (χ1v) is 6.82. The summed E-state index contributed by atoms with van der Waals surface area (Å²) in [6.07, 6.45) is 0.467. The van der Waals surface area contributed by atoms with Crippen molar-refractivity contribution in [1.82, 2.24) is 20.4 Å². The first kappa shape index (κ1) is 14.6. The summed E-state index contributed by atoms with van der Waals surface area (Å²) in [6, 6.07) is -0.364. The van der Waals surface area contributed by atoms with Gasteiger partial charge in [-0.1, -0.05) is 0 Å². The van der Waals surface area contributed by atoms with Crippen LogP contribution < -0.4 is 10.6 Å². The van der Waals surface area contributed by atoms with Gasteiger partial charge in [-0.25, -0.2) is 4.79 Å². The van der Waals surface area contributed by atoms with Crippen molar-refractivity contribution in [1.29, 1.82) is 0 Å². The van der Waals surface area contributed by atoms with E-state index < -0.39 is 11.9 Å². The number of urea groups is 1. The van der Waals surface area contributed by atoms with Gasteiger partial charge in [-0.05, 0) is 6.42 Å². The smallest absolute Gasteiger partial charge is 0.317 e. The Morgan fingerprint density at radius 3 is 2.45 bits per heavy atom. The van der Waals surface area contributed by atoms with Gasteiger partial charge in [0.25, 0.3) is 0 Å². The summed E-state index contributed by atoms with van der Waals surface area (Å²) in [4.78, 5) is 37.7. The molecule has 2 fully saturated rings. The number of amides is 3. The number of nitrogens with one attached hydrogen (secondary N) is 2. The zero-order valence-electron chi connectivity index (χ0n) is 11.3. The Morgan fingerprint density at radius 2 is 1.85 bits per heavy atom. The van der Waals surface area contributed by atoms with Gasteiger partial charge in [0.2, 0.25) is 5.91 Å². The number of rotatable bonds is 3. The number of carbonyl (C=O) groups excluding carboxylic acids is 2. The van der Waals surface area contributed by atoms with Gasteiger partial charge in [-0.15, -0.1) is 0 Å². The Bertz CT molecular complexity index is 395. The third-order valence-corrected chi connectivity index (χ3v) is 3.69. The van der Waals surface area contributed by atoms with Crippen LogP contribution in [0.15, 0.2) is 0 Å². The molecule has 1 unspecified atom stereocenters. The van der Waals surface area contributed by atoms with Crippen LogP contribution in [0.3, 0.4) is 0 Å². The second-order valence-corrected chi connectivity index (χ2v) is 5.06. The molecule has 0 aromatic carbocycles. The lowest BCUT2D eigenvalue weighted by molar-refractivity contribution is -0.141. The summed E-state index contributed by atoms with van der Waals surface area (Å²) >= 11 is 0. The molecule has 0 aromatic heterocycles. The summed E-state index contributed by atoms with van der Waals surface area (Å²) < 4.78 is 0. The molecule has 0 aromatic rings. The molecule has 2 aliphatic rings. The Balaban J connectivity index is 1.72. The highest BCUT2D eigenvalue weighted by molar-refractivity contribution is 5.84. The number of aliphatic carboxylic acids is 1. The molecule has 1 atom stereocenters. The predicted octanol–water partition coefficient (Wildman–Crippen LogP) is -1.47. The monoisotopic (exact) mass is 284 g/mol. The van der Waals surface area contributed by atoms with Crippen molar-refractivity contribution in [3.8, 4) is 0 Å². The molecule has 20 heavy (non-hydrogen) atoms. The lowest BCUT2D eigenvalue weighted by Gasteiger charge is -2.27. The second kappa shape index (κ2) is 6.56. The molecule has 8 nitrogen and oxygen atoms in total. The second-order valence-electron chi connectivity index (χ2n) is 5.06. The van der Waals surface area contributed by atoms with Crippen molar-refractivity contribution in [2.45, 2.75) is 6.42 Å². The van der Waals surface area contributed by atoms with Crippen LogP contribution in [0.2, 0.25) is 0 Å². The van der Waals surface area contributed by atoms with E-state index in [1.807, 2.05) is 0 Å². The number of carboxylic acid groups (broad SMARTS) is 1. The molecule has 8 heteroatoms. The number of likely N-dealkylation sites (tertiary alicyclic amines) is 1. The van der Waals surface area contributed by atoms with Gasteiger partial charge in [0, 0.05) is 39.3 Å². The maximum Gasteiger partial charge on any atom is 0.317 e.